The lowest BCUT2D eigenvalue weighted by Crippen LogP contribution is -2.27. The van der Waals surface area contributed by atoms with Gasteiger partial charge in [0.15, 0.2) is 4.32 Å². The van der Waals surface area contributed by atoms with Crippen LogP contribution in [0.15, 0.2) is 53.6 Å². The Morgan fingerprint density at radius 3 is 2.83 bits per heavy atom. The minimum atomic E-state index is -0.466. The van der Waals surface area contributed by atoms with Gasteiger partial charge in [-0.2, -0.15) is 0 Å². The molecule has 3 rings (SSSR count). The molecule has 0 bridgehead atoms. The summed E-state index contributed by atoms with van der Waals surface area (Å²) in [5.74, 6) is -0.705. The molecule has 1 amide bonds. The number of nitrogens with zero attached hydrogens (tertiary/aromatic N) is 2. The van der Waals surface area contributed by atoms with Gasteiger partial charge in [-0.3, -0.25) is 14.7 Å². The number of ether oxygens (including phenoxy) is 1. The van der Waals surface area contributed by atoms with E-state index in [4.69, 9.17) is 17.0 Å². The number of anilines is 1. The first-order chi connectivity index (χ1) is 11.6. The topological polar surface area (TPSA) is 59.5 Å². The van der Waals surface area contributed by atoms with E-state index in [-0.39, 0.29) is 5.91 Å². The lowest BCUT2D eigenvalue weighted by Gasteiger charge is -2.15. The Morgan fingerprint density at radius 2 is 2.12 bits per heavy atom. The van der Waals surface area contributed by atoms with E-state index < -0.39 is 5.97 Å². The van der Waals surface area contributed by atoms with Crippen LogP contribution in [0.4, 0.5) is 5.69 Å². The van der Waals surface area contributed by atoms with Crippen LogP contribution in [0.25, 0.3) is 6.08 Å². The fourth-order valence-corrected chi connectivity index (χ4v) is 3.46. The van der Waals surface area contributed by atoms with Crippen LogP contribution in [0, 0.1) is 0 Å². The van der Waals surface area contributed by atoms with E-state index in [1.807, 2.05) is 12.1 Å². The summed E-state index contributed by atoms with van der Waals surface area (Å²) < 4.78 is 5.11. The molecule has 1 fully saturated rings. The molecule has 1 aromatic carbocycles. The van der Waals surface area contributed by atoms with Gasteiger partial charge in [0.1, 0.15) is 0 Å². The third-order valence-electron chi connectivity index (χ3n) is 3.29. The van der Waals surface area contributed by atoms with Crippen molar-refractivity contribution in [3.63, 3.8) is 0 Å². The van der Waals surface area contributed by atoms with Gasteiger partial charge in [0.05, 0.1) is 29.0 Å². The van der Waals surface area contributed by atoms with E-state index in [2.05, 4.69) is 4.98 Å². The maximum absolute atomic E-state index is 12.7. The highest BCUT2D eigenvalue weighted by Crippen LogP contribution is 2.36. The number of hydrogen-bond donors (Lipinski definition) is 0. The molecular formula is C17H12N2O3S2. The molecule has 1 saturated heterocycles. The van der Waals surface area contributed by atoms with Crippen molar-refractivity contribution in [1.29, 1.82) is 0 Å². The van der Waals surface area contributed by atoms with Crippen LogP contribution in [0.2, 0.25) is 0 Å². The highest BCUT2D eigenvalue weighted by atomic mass is 32.2. The number of amides is 1. The van der Waals surface area contributed by atoms with Crippen LogP contribution < -0.4 is 4.90 Å². The first-order valence-electron chi connectivity index (χ1n) is 6.97. The molecule has 0 atom stereocenters. The van der Waals surface area contributed by atoms with Gasteiger partial charge in [0.25, 0.3) is 5.91 Å². The Hall–Kier alpha value is -2.51. The SMILES string of the molecule is COC(=O)c1cccc(N2C(=O)/C(=C/c3ccccn3)SC2=S)c1. The number of pyridine rings is 1. The van der Waals surface area contributed by atoms with Crippen molar-refractivity contribution in [2.24, 2.45) is 0 Å². The molecule has 1 aromatic heterocycles. The van der Waals surface area contributed by atoms with E-state index in [1.54, 1.807) is 42.6 Å². The number of benzene rings is 1. The third kappa shape index (κ3) is 3.22. The van der Waals surface area contributed by atoms with Gasteiger partial charge in [-0.25, -0.2) is 4.79 Å². The number of thioether (sulfide) groups is 1. The maximum atomic E-state index is 12.7. The molecular weight excluding hydrogens is 344 g/mol. The normalized spacial score (nSPS) is 15.9. The number of rotatable bonds is 3. The molecule has 0 spiro atoms. The molecule has 2 heterocycles. The van der Waals surface area contributed by atoms with Gasteiger partial charge >= 0.3 is 5.97 Å². The van der Waals surface area contributed by atoms with Crippen LogP contribution in [-0.2, 0) is 9.53 Å². The van der Waals surface area contributed by atoms with Gasteiger partial charge in [-0.15, -0.1) is 0 Å². The van der Waals surface area contributed by atoms with Crippen LogP contribution >= 0.6 is 24.0 Å². The average molecular weight is 356 g/mol. The summed E-state index contributed by atoms with van der Waals surface area (Å²) in [7, 11) is 1.31. The van der Waals surface area contributed by atoms with Crippen LogP contribution in [0.3, 0.4) is 0 Å². The number of carbonyl (C=O) groups is 2. The van der Waals surface area contributed by atoms with E-state index in [9.17, 15) is 9.59 Å². The molecule has 1 aliphatic rings. The minimum absolute atomic E-state index is 0.238. The predicted molar refractivity (Wildman–Crippen MR) is 97.7 cm³/mol. The highest BCUT2D eigenvalue weighted by molar-refractivity contribution is 8.27. The van der Waals surface area contributed by atoms with Gasteiger partial charge in [-0.05, 0) is 36.4 Å². The minimum Gasteiger partial charge on any atom is -0.465 e. The lowest BCUT2D eigenvalue weighted by molar-refractivity contribution is -0.113. The number of methoxy groups -OCH3 is 1. The molecule has 0 N–H and O–H groups in total. The van der Waals surface area contributed by atoms with Crippen molar-refractivity contribution < 1.29 is 14.3 Å². The van der Waals surface area contributed by atoms with Gasteiger partial charge in [-0.1, -0.05) is 36.1 Å². The van der Waals surface area contributed by atoms with E-state index in [1.165, 1.54) is 23.8 Å². The summed E-state index contributed by atoms with van der Waals surface area (Å²) in [6.45, 7) is 0. The first kappa shape index (κ1) is 16.4. The van der Waals surface area contributed by atoms with Crippen LogP contribution in [0.5, 0.6) is 0 Å². The summed E-state index contributed by atoms with van der Waals surface area (Å²) in [6.07, 6.45) is 3.36. The maximum Gasteiger partial charge on any atom is 0.337 e. The second kappa shape index (κ2) is 6.94. The number of thiocarbonyl (C=S) groups is 1. The fraction of sp³-hybridized carbons (Fsp3) is 0.0588. The van der Waals surface area contributed by atoms with Crippen molar-refractivity contribution in [1.82, 2.24) is 4.98 Å². The lowest BCUT2D eigenvalue weighted by atomic mass is 10.2. The standard InChI is InChI=1S/C17H12N2O3S2/c1-22-16(21)11-5-4-7-13(9-11)19-15(20)14(24-17(19)23)10-12-6-2-3-8-18-12/h2-10H,1H3/b14-10-. The zero-order valence-corrected chi connectivity index (χ0v) is 14.3. The smallest absolute Gasteiger partial charge is 0.337 e. The molecule has 0 aliphatic carbocycles. The zero-order chi connectivity index (χ0) is 17.1. The molecule has 0 saturated carbocycles. The quantitative estimate of drug-likeness (QED) is 0.478. The van der Waals surface area contributed by atoms with Crippen LogP contribution in [0.1, 0.15) is 16.1 Å². The molecule has 0 unspecified atom stereocenters. The van der Waals surface area contributed by atoms with Crippen molar-refractivity contribution in [2.45, 2.75) is 0 Å². The summed E-state index contributed by atoms with van der Waals surface area (Å²) in [4.78, 5) is 30.4. The van der Waals surface area contributed by atoms with Gasteiger partial charge in [0, 0.05) is 6.20 Å². The van der Waals surface area contributed by atoms with E-state index >= 15 is 0 Å². The van der Waals surface area contributed by atoms with Crippen molar-refractivity contribution >= 4 is 51.9 Å². The molecule has 2 aromatic rings. The third-order valence-corrected chi connectivity index (χ3v) is 4.59. The highest BCUT2D eigenvalue weighted by Gasteiger charge is 2.33. The second-order valence-electron chi connectivity index (χ2n) is 4.81. The van der Waals surface area contributed by atoms with Crippen molar-refractivity contribution in [2.75, 3.05) is 12.0 Å². The summed E-state index contributed by atoms with van der Waals surface area (Å²) >= 11 is 6.53. The number of hydrogen-bond acceptors (Lipinski definition) is 6. The Kier molecular flexibility index (Phi) is 4.73. The number of esters is 1. The van der Waals surface area contributed by atoms with E-state index in [0.717, 1.165) is 0 Å². The summed E-state index contributed by atoms with van der Waals surface area (Å²) in [5, 5.41) is 0. The molecule has 120 valence electrons. The zero-order valence-electron chi connectivity index (χ0n) is 12.6. The summed E-state index contributed by atoms with van der Waals surface area (Å²) in [5.41, 5.74) is 1.57. The molecule has 24 heavy (non-hydrogen) atoms. The molecule has 5 nitrogen and oxygen atoms in total. The molecule has 0 radical (unpaired) electrons. The van der Waals surface area contributed by atoms with Gasteiger partial charge < -0.3 is 4.74 Å². The van der Waals surface area contributed by atoms with Crippen molar-refractivity contribution in [3.8, 4) is 0 Å². The number of aromatic nitrogens is 1. The fourth-order valence-electron chi connectivity index (χ4n) is 2.18. The monoisotopic (exact) mass is 356 g/mol. The Labute approximate surface area is 148 Å². The second-order valence-corrected chi connectivity index (χ2v) is 6.49. The average Bonchev–Trinajstić information content (AvgIpc) is 2.89. The summed E-state index contributed by atoms with van der Waals surface area (Å²) in [6, 6.07) is 12.1. The van der Waals surface area contributed by atoms with E-state index in [0.29, 0.717) is 26.2 Å². The Balaban J connectivity index is 1.93. The Bertz CT molecular complexity index is 850. The largest absolute Gasteiger partial charge is 0.465 e. The van der Waals surface area contributed by atoms with Crippen LogP contribution in [-0.4, -0.2) is 28.3 Å². The van der Waals surface area contributed by atoms with Crippen molar-refractivity contribution in [3.05, 3.63) is 64.8 Å². The first-order valence-corrected chi connectivity index (χ1v) is 8.20. The molecule has 7 heteroatoms. The Morgan fingerprint density at radius 1 is 1.29 bits per heavy atom. The number of carbonyl (C=O) groups excluding carboxylic acids is 2. The predicted octanol–water partition coefficient (Wildman–Crippen LogP) is 3.27. The molecule has 1 aliphatic heterocycles. The van der Waals surface area contributed by atoms with Gasteiger partial charge in [0.2, 0.25) is 0 Å².